The second-order valence-corrected chi connectivity index (χ2v) is 6.09. The normalized spacial score (nSPS) is 27.8. The van der Waals surface area contributed by atoms with Crippen molar-refractivity contribution < 1.29 is 0 Å². The lowest BCUT2D eigenvalue weighted by atomic mass is 9.78. The zero-order valence-corrected chi connectivity index (χ0v) is 11.4. The molecule has 0 aromatic heterocycles. The Bertz CT molecular complexity index is 275. The number of hydrogen-bond donors (Lipinski definition) is 0. The van der Waals surface area contributed by atoms with Crippen LogP contribution < -0.4 is 0 Å². The van der Waals surface area contributed by atoms with E-state index in [1.165, 1.54) is 38.8 Å². The topological polar surface area (TPSA) is 3.24 Å². The lowest BCUT2D eigenvalue weighted by molar-refractivity contribution is 0.150. The number of hydrogen-bond acceptors (Lipinski definition) is 1. The maximum absolute atomic E-state index is 2.74. The average Bonchev–Trinajstić information content (AvgIpc) is 2.27. The minimum absolute atomic E-state index is 0.739. The van der Waals surface area contributed by atoms with Crippen molar-refractivity contribution in [2.24, 2.45) is 11.8 Å². The van der Waals surface area contributed by atoms with Crippen molar-refractivity contribution >= 4 is 0 Å². The monoisotopic (exact) mass is 221 g/mol. The summed E-state index contributed by atoms with van der Waals surface area (Å²) in [7, 11) is 0. The molecule has 1 nitrogen and oxygen atoms in total. The molecule has 0 N–H and O–H groups in total. The summed E-state index contributed by atoms with van der Waals surface area (Å²) >= 11 is 0. The predicted octanol–water partition coefficient (Wildman–Crippen LogP) is 3.85. The highest BCUT2D eigenvalue weighted by Gasteiger charge is 2.32. The Balaban J connectivity index is 2.31. The fraction of sp³-hybridized carbons (Fsp3) is 0.867. The molecule has 0 amide bonds. The average molecular weight is 221 g/mol. The Morgan fingerprint density at radius 1 is 1.00 bits per heavy atom. The predicted molar refractivity (Wildman–Crippen MR) is 70.5 cm³/mol. The van der Waals surface area contributed by atoms with Gasteiger partial charge in [0.25, 0.3) is 0 Å². The van der Waals surface area contributed by atoms with Crippen LogP contribution in [0.2, 0.25) is 0 Å². The molecule has 2 aliphatic heterocycles. The third kappa shape index (κ3) is 2.20. The van der Waals surface area contributed by atoms with Gasteiger partial charge >= 0.3 is 0 Å². The Hall–Kier alpha value is -0.300. The Morgan fingerprint density at radius 3 is 2.38 bits per heavy atom. The first-order valence-corrected chi connectivity index (χ1v) is 7.08. The second kappa shape index (κ2) is 4.91. The van der Waals surface area contributed by atoms with Crippen molar-refractivity contribution in [3.05, 3.63) is 11.1 Å². The van der Waals surface area contributed by atoms with Gasteiger partial charge in [-0.15, -0.1) is 0 Å². The number of nitrogens with zero attached hydrogens (tertiary/aromatic N) is 1. The molecule has 0 aromatic carbocycles. The first kappa shape index (κ1) is 12.2. The van der Waals surface area contributed by atoms with E-state index in [0.29, 0.717) is 0 Å². The van der Waals surface area contributed by atoms with E-state index in [1.54, 1.807) is 11.1 Å². The van der Waals surface area contributed by atoms with E-state index in [2.05, 4.69) is 32.6 Å². The zero-order valence-electron chi connectivity index (χ0n) is 11.4. The van der Waals surface area contributed by atoms with Crippen LogP contribution in [0, 0.1) is 11.8 Å². The van der Waals surface area contributed by atoms with Crippen molar-refractivity contribution in [3.63, 3.8) is 0 Å². The molecule has 0 radical (unpaired) electrons. The number of fused-ring (bicyclic) bond motifs is 1. The Kier molecular flexibility index (Phi) is 3.73. The number of rotatable bonds is 2. The van der Waals surface area contributed by atoms with Gasteiger partial charge in [0.15, 0.2) is 0 Å². The third-order valence-corrected chi connectivity index (χ3v) is 4.33. The van der Waals surface area contributed by atoms with Crippen LogP contribution in [-0.4, -0.2) is 24.0 Å². The first-order valence-electron chi connectivity index (χ1n) is 7.08. The number of piperidine rings is 1. The molecule has 0 bridgehead atoms. The van der Waals surface area contributed by atoms with Gasteiger partial charge in [-0.1, -0.05) is 45.3 Å². The molecule has 2 rings (SSSR count). The van der Waals surface area contributed by atoms with Gasteiger partial charge in [-0.25, -0.2) is 0 Å². The van der Waals surface area contributed by atoms with Crippen LogP contribution >= 0.6 is 0 Å². The summed E-state index contributed by atoms with van der Waals surface area (Å²) in [5.41, 5.74) is 3.57. The summed E-state index contributed by atoms with van der Waals surface area (Å²) in [6.45, 7) is 12.2. The van der Waals surface area contributed by atoms with Crippen LogP contribution in [0.3, 0.4) is 0 Å². The van der Waals surface area contributed by atoms with Crippen molar-refractivity contribution in [2.75, 3.05) is 13.1 Å². The van der Waals surface area contributed by atoms with Crippen LogP contribution in [0.1, 0.15) is 53.4 Å². The Morgan fingerprint density at radius 2 is 1.75 bits per heavy atom. The molecule has 0 saturated carbocycles. The first-order chi connectivity index (χ1) is 7.61. The maximum atomic E-state index is 2.74. The standard InChI is InChI=1S/C15H27N/c1-11(2)13-8-10-16-9-6-5-7-14(16)15(13)12(3)4/h11-12,14H,5-10H2,1-4H3. The minimum Gasteiger partial charge on any atom is -0.296 e. The maximum Gasteiger partial charge on any atom is 0.0312 e. The molecule has 1 saturated heterocycles. The van der Waals surface area contributed by atoms with E-state index in [0.717, 1.165) is 17.9 Å². The lowest BCUT2D eigenvalue weighted by Crippen LogP contribution is -2.46. The fourth-order valence-corrected chi connectivity index (χ4v) is 3.61. The van der Waals surface area contributed by atoms with Gasteiger partial charge in [0.05, 0.1) is 0 Å². The zero-order chi connectivity index (χ0) is 11.7. The highest BCUT2D eigenvalue weighted by molar-refractivity contribution is 5.27. The molecule has 2 aliphatic rings. The molecular weight excluding hydrogens is 194 g/mol. The summed E-state index contributed by atoms with van der Waals surface area (Å²) in [5.74, 6) is 1.49. The van der Waals surface area contributed by atoms with E-state index in [9.17, 15) is 0 Å². The van der Waals surface area contributed by atoms with Crippen LogP contribution in [0.25, 0.3) is 0 Å². The van der Waals surface area contributed by atoms with E-state index in [-0.39, 0.29) is 0 Å². The van der Waals surface area contributed by atoms with Gasteiger partial charge in [-0.05, 0) is 37.6 Å². The highest BCUT2D eigenvalue weighted by atomic mass is 15.2. The Labute approximate surface area is 101 Å². The van der Waals surface area contributed by atoms with Crippen molar-refractivity contribution in [1.82, 2.24) is 4.90 Å². The van der Waals surface area contributed by atoms with Gasteiger partial charge in [0.1, 0.15) is 0 Å². The molecule has 1 fully saturated rings. The smallest absolute Gasteiger partial charge is 0.0312 e. The van der Waals surface area contributed by atoms with E-state index in [4.69, 9.17) is 0 Å². The van der Waals surface area contributed by atoms with Gasteiger partial charge in [-0.3, -0.25) is 4.90 Å². The molecule has 0 spiro atoms. The molecular formula is C15H27N. The summed E-state index contributed by atoms with van der Waals surface area (Å²) in [6, 6.07) is 0.792. The largest absolute Gasteiger partial charge is 0.296 e. The summed E-state index contributed by atoms with van der Waals surface area (Å²) < 4.78 is 0. The van der Waals surface area contributed by atoms with Gasteiger partial charge < -0.3 is 0 Å². The molecule has 2 heterocycles. The summed E-state index contributed by atoms with van der Waals surface area (Å²) in [6.07, 6.45) is 5.58. The molecule has 1 unspecified atom stereocenters. The molecule has 1 atom stereocenters. The molecule has 0 aromatic rings. The van der Waals surface area contributed by atoms with Crippen LogP contribution in [0.5, 0.6) is 0 Å². The quantitative estimate of drug-likeness (QED) is 0.640. The molecule has 0 aliphatic carbocycles. The SMILES string of the molecule is CC(C)C1=C(C(C)C)C2CCCCN2CC1. The van der Waals surface area contributed by atoms with Crippen LogP contribution in [0.15, 0.2) is 11.1 Å². The molecule has 16 heavy (non-hydrogen) atoms. The van der Waals surface area contributed by atoms with Crippen LogP contribution in [-0.2, 0) is 0 Å². The highest BCUT2D eigenvalue weighted by Crippen LogP contribution is 2.37. The van der Waals surface area contributed by atoms with Crippen molar-refractivity contribution in [2.45, 2.75) is 59.4 Å². The minimum atomic E-state index is 0.739. The van der Waals surface area contributed by atoms with Crippen LogP contribution in [0.4, 0.5) is 0 Å². The third-order valence-electron chi connectivity index (χ3n) is 4.33. The second-order valence-electron chi connectivity index (χ2n) is 6.09. The molecule has 1 heteroatoms. The molecule has 92 valence electrons. The van der Waals surface area contributed by atoms with Gasteiger partial charge in [-0.2, -0.15) is 0 Å². The van der Waals surface area contributed by atoms with Gasteiger partial charge in [0.2, 0.25) is 0 Å². The van der Waals surface area contributed by atoms with Crippen molar-refractivity contribution in [1.29, 1.82) is 0 Å². The lowest BCUT2D eigenvalue weighted by Gasteiger charge is -2.44. The fourth-order valence-electron chi connectivity index (χ4n) is 3.61. The van der Waals surface area contributed by atoms with E-state index < -0.39 is 0 Å². The van der Waals surface area contributed by atoms with Gasteiger partial charge in [0, 0.05) is 12.6 Å². The van der Waals surface area contributed by atoms with E-state index in [1.807, 2.05) is 0 Å². The van der Waals surface area contributed by atoms with Crippen molar-refractivity contribution in [3.8, 4) is 0 Å². The van der Waals surface area contributed by atoms with E-state index >= 15 is 0 Å². The summed E-state index contributed by atoms with van der Waals surface area (Å²) in [4.78, 5) is 2.74. The summed E-state index contributed by atoms with van der Waals surface area (Å²) in [5, 5.41) is 0.